The van der Waals surface area contributed by atoms with Crippen molar-refractivity contribution in [1.82, 2.24) is 9.97 Å². The number of aryl methyl sites for hydroxylation is 2. The monoisotopic (exact) mass is 322 g/mol. The van der Waals surface area contributed by atoms with E-state index in [9.17, 15) is 0 Å². The lowest BCUT2D eigenvalue weighted by Gasteiger charge is -2.16. The van der Waals surface area contributed by atoms with Gasteiger partial charge in [0.05, 0.1) is 5.69 Å². The predicted molar refractivity (Wildman–Crippen MR) is 99.1 cm³/mol. The molecular formula is C20H26N4. The molecule has 2 N–H and O–H groups in total. The van der Waals surface area contributed by atoms with E-state index in [1.165, 1.54) is 55.3 Å². The summed E-state index contributed by atoms with van der Waals surface area (Å²) in [7, 11) is 0. The summed E-state index contributed by atoms with van der Waals surface area (Å²) in [5, 5.41) is 7.09. The van der Waals surface area contributed by atoms with Crippen molar-refractivity contribution >= 4 is 17.5 Å². The number of para-hydroxylation sites is 1. The van der Waals surface area contributed by atoms with Gasteiger partial charge in [0.1, 0.15) is 5.82 Å². The van der Waals surface area contributed by atoms with E-state index in [-0.39, 0.29) is 0 Å². The second kappa shape index (κ2) is 6.42. The van der Waals surface area contributed by atoms with Crippen LogP contribution in [0.15, 0.2) is 24.3 Å². The zero-order valence-electron chi connectivity index (χ0n) is 14.6. The van der Waals surface area contributed by atoms with Crippen LogP contribution in [0.3, 0.4) is 0 Å². The average molecular weight is 322 g/mol. The molecule has 0 saturated heterocycles. The molecule has 4 rings (SSSR count). The molecule has 0 unspecified atom stereocenters. The Morgan fingerprint density at radius 1 is 0.958 bits per heavy atom. The molecule has 1 heterocycles. The third-order valence-electron chi connectivity index (χ3n) is 5.16. The van der Waals surface area contributed by atoms with Gasteiger partial charge in [-0.15, -0.1) is 0 Å². The standard InChI is InChI=1S/C20H26N4/c1-13-6-5-7-14(2)19(13)23-18-12-17(15-10-11-15)22-20(24-18)21-16-8-3-4-9-16/h5-7,12,15-16H,3-4,8-11H2,1-2H3,(H2,21,22,23,24). The van der Waals surface area contributed by atoms with E-state index < -0.39 is 0 Å². The van der Waals surface area contributed by atoms with Gasteiger partial charge >= 0.3 is 0 Å². The van der Waals surface area contributed by atoms with E-state index >= 15 is 0 Å². The normalized spacial score (nSPS) is 17.9. The highest BCUT2D eigenvalue weighted by Gasteiger charge is 2.27. The highest BCUT2D eigenvalue weighted by molar-refractivity contribution is 5.65. The van der Waals surface area contributed by atoms with Crippen LogP contribution in [0.4, 0.5) is 17.5 Å². The van der Waals surface area contributed by atoms with Crippen LogP contribution in [0.1, 0.15) is 61.3 Å². The quantitative estimate of drug-likeness (QED) is 0.807. The lowest BCUT2D eigenvalue weighted by Crippen LogP contribution is -2.17. The van der Waals surface area contributed by atoms with Crippen molar-refractivity contribution < 1.29 is 0 Å². The Bertz CT molecular complexity index is 710. The van der Waals surface area contributed by atoms with E-state index in [4.69, 9.17) is 9.97 Å². The molecule has 24 heavy (non-hydrogen) atoms. The SMILES string of the molecule is Cc1cccc(C)c1Nc1cc(C2CC2)nc(NC2CCCC2)n1. The van der Waals surface area contributed by atoms with Crippen LogP contribution in [0.25, 0.3) is 0 Å². The molecule has 1 aromatic heterocycles. The summed E-state index contributed by atoms with van der Waals surface area (Å²) in [5.74, 6) is 2.32. The summed E-state index contributed by atoms with van der Waals surface area (Å²) in [5.41, 5.74) is 4.82. The molecule has 1 aromatic carbocycles. The van der Waals surface area contributed by atoms with E-state index in [0.717, 1.165) is 17.5 Å². The zero-order chi connectivity index (χ0) is 16.5. The molecule has 0 radical (unpaired) electrons. The highest BCUT2D eigenvalue weighted by Crippen LogP contribution is 2.40. The summed E-state index contributed by atoms with van der Waals surface area (Å²) in [4.78, 5) is 9.53. The Labute approximate surface area is 144 Å². The maximum atomic E-state index is 4.78. The fourth-order valence-electron chi connectivity index (χ4n) is 3.58. The Hall–Kier alpha value is -2.10. The molecule has 0 spiro atoms. The van der Waals surface area contributed by atoms with Gasteiger partial charge < -0.3 is 10.6 Å². The second-order valence-electron chi connectivity index (χ2n) is 7.29. The van der Waals surface area contributed by atoms with Gasteiger partial charge in [0.15, 0.2) is 0 Å². The maximum Gasteiger partial charge on any atom is 0.225 e. The third kappa shape index (κ3) is 3.37. The minimum absolute atomic E-state index is 0.535. The van der Waals surface area contributed by atoms with Crippen LogP contribution in [0.2, 0.25) is 0 Å². The van der Waals surface area contributed by atoms with E-state index in [0.29, 0.717) is 12.0 Å². The van der Waals surface area contributed by atoms with Gasteiger partial charge in [-0.3, -0.25) is 0 Å². The van der Waals surface area contributed by atoms with Crippen molar-refractivity contribution in [2.24, 2.45) is 0 Å². The maximum absolute atomic E-state index is 4.78. The molecule has 126 valence electrons. The summed E-state index contributed by atoms with van der Waals surface area (Å²) in [6.45, 7) is 4.27. The molecule has 2 aliphatic carbocycles. The highest BCUT2D eigenvalue weighted by atomic mass is 15.2. The van der Waals surface area contributed by atoms with Crippen molar-refractivity contribution in [2.75, 3.05) is 10.6 Å². The number of hydrogen-bond acceptors (Lipinski definition) is 4. The van der Waals surface area contributed by atoms with E-state index in [2.05, 4.69) is 48.7 Å². The van der Waals surface area contributed by atoms with Crippen LogP contribution < -0.4 is 10.6 Å². The molecule has 2 fully saturated rings. The summed E-state index contributed by atoms with van der Waals surface area (Å²) < 4.78 is 0. The first-order valence-electron chi connectivity index (χ1n) is 9.18. The van der Waals surface area contributed by atoms with Crippen LogP contribution in [0, 0.1) is 13.8 Å². The van der Waals surface area contributed by atoms with Crippen LogP contribution in [-0.4, -0.2) is 16.0 Å². The summed E-state index contributed by atoms with van der Waals surface area (Å²) in [6, 6.07) is 9.03. The Morgan fingerprint density at radius 3 is 2.33 bits per heavy atom. The van der Waals surface area contributed by atoms with E-state index in [1.807, 2.05) is 0 Å². The number of benzene rings is 1. The van der Waals surface area contributed by atoms with Gasteiger partial charge in [-0.05, 0) is 50.7 Å². The summed E-state index contributed by atoms with van der Waals surface area (Å²) in [6.07, 6.45) is 7.60. The fourth-order valence-corrected chi connectivity index (χ4v) is 3.58. The molecule has 0 amide bonds. The van der Waals surface area contributed by atoms with Gasteiger partial charge in [0.2, 0.25) is 5.95 Å². The van der Waals surface area contributed by atoms with Gasteiger partial charge in [0.25, 0.3) is 0 Å². The second-order valence-corrected chi connectivity index (χ2v) is 7.29. The largest absolute Gasteiger partial charge is 0.351 e. The first-order valence-corrected chi connectivity index (χ1v) is 9.18. The molecule has 0 aliphatic heterocycles. The van der Waals surface area contributed by atoms with Crippen molar-refractivity contribution in [3.8, 4) is 0 Å². The summed E-state index contributed by atoms with van der Waals surface area (Å²) >= 11 is 0. The number of anilines is 3. The minimum atomic E-state index is 0.535. The van der Waals surface area contributed by atoms with Gasteiger partial charge in [-0.25, -0.2) is 4.98 Å². The smallest absolute Gasteiger partial charge is 0.225 e. The van der Waals surface area contributed by atoms with Crippen LogP contribution in [-0.2, 0) is 0 Å². The molecule has 0 bridgehead atoms. The lowest BCUT2D eigenvalue weighted by molar-refractivity contribution is 0.742. The molecule has 0 atom stereocenters. The van der Waals surface area contributed by atoms with E-state index in [1.54, 1.807) is 0 Å². The molecule has 2 saturated carbocycles. The first kappa shape index (κ1) is 15.4. The Morgan fingerprint density at radius 2 is 1.67 bits per heavy atom. The zero-order valence-corrected chi connectivity index (χ0v) is 14.6. The molecule has 4 nitrogen and oxygen atoms in total. The van der Waals surface area contributed by atoms with Crippen molar-refractivity contribution in [1.29, 1.82) is 0 Å². The molecular weight excluding hydrogens is 296 g/mol. The number of hydrogen-bond donors (Lipinski definition) is 2. The Balaban J connectivity index is 1.62. The predicted octanol–water partition coefficient (Wildman–Crippen LogP) is 5.07. The number of nitrogens with one attached hydrogen (secondary N) is 2. The van der Waals surface area contributed by atoms with Crippen LogP contribution in [0.5, 0.6) is 0 Å². The van der Waals surface area contributed by atoms with Gasteiger partial charge in [-0.1, -0.05) is 31.0 Å². The lowest BCUT2D eigenvalue weighted by atomic mass is 10.1. The number of aromatic nitrogens is 2. The Kier molecular flexibility index (Phi) is 4.13. The molecule has 4 heteroatoms. The van der Waals surface area contributed by atoms with Crippen molar-refractivity contribution in [2.45, 2.75) is 64.3 Å². The number of rotatable bonds is 5. The van der Waals surface area contributed by atoms with Gasteiger partial charge in [-0.2, -0.15) is 4.98 Å². The van der Waals surface area contributed by atoms with Crippen molar-refractivity contribution in [3.63, 3.8) is 0 Å². The molecule has 2 aliphatic rings. The third-order valence-corrected chi connectivity index (χ3v) is 5.16. The fraction of sp³-hybridized carbons (Fsp3) is 0.500. The first-order chi connectivity index (χ1) is 11.7. The topological polar surface area (TPSA) is 49.8 Å². The minimum Gasteiger partial charge on any atom is -0.351 e. The van der Waals surface area contributed by atoms with Crippen molar-refractivity contribution in [3.05, 3.63) is 41.1 Å². The molecule has 2 aromatic rings. The average Bonchev–Trinajstić information content (AvgIpc) is 3.30. The van der Waals surface area contributed by atoms with Gasteiger partial charge in [0, 0.05) is 23.7 Å². The van der Waals surface area contributed by atoms with Crippen LogP contribution >= 0.6 is 0 Å². The number of nitrogens with zero attached hydrogens (tertiary/aromatic N) is 2.